The molecule has 1 saturated carbocycles. The van der Waals surface area contributed by atoms with Gasteiger partial charge in [-0.05, 0) is 38.1 Å². The van der Waals surface area contributed by atoms with Crippen molar-refractivity contribution in [1.82, 2.24) is 20.4 Å². The van der Waals surface area contributed by atoms with Crippen molar-refractivity contribution >= 4 is 23.5 Å². The highest BCUT2D eigenvalue weighted by molar-refractivity contribution is 7.99. The molecular weight excluding hydrogens is 416 g/mol. The molecule has 0 radical (unpaired) electrons. The fraction of sp³-hybridized carbons (Fsp3) is 0.818. The summed E-state index contributed by atoms with van der Waals surface area (Å²) in [6.07, 6.45) is 6.71. The predicted molar refractivity (Wildman–Crippen MR) is 119 cm³/mol. The maximum absolute atomic E-state index is 13.0. The van der Waals surface area contributed by atoms with Gasteiger partial charge in [0, 0.05) is 24.8 Å². The predicted octanol–water partition coefficient (Wildman–Crippen LogP) is 3.18. The van der Waals surface area contributed by atoms with Crippen molar-refractivity contribution in [2.24, 2.45) is 11.8 Å². The lowest BCUT2D eigenvalue weighted by atomic mass is 9.88. The number of carbonyl (C=O) groups is 2. The molecule has 0 spiro atoms. The Bertz CT molecular complexity index is 699. The molecule has 2 aliphatic rings. The number of aromatic nitrogens is 2. The van der Waals surface area contributed by atoms with Gasteiger partial charge in [0.25, 0.3) is 11.1 Å². The summed E-state index contributed by atoms with van der Waals surface area (Å²) in [6.45, 7) is 8.66. The van der Waals surface area contributed by atoms with Crippen LogP contribution in [0.3, 0.4) is 0 Å². The van der Waals surface area contributed by atoms with E-state index in [-0.39, 0.29) is 29.4 Å². The highest BCUT2D eigenvalue weighted by atomic mass is 32.2. The number of nitrogens with zero attached hydrogens (tertiary/aromatic N) is 3. The first-order chi connectivity index (χ1) is 15.0. The van der Waals surface area contributed by atoms with E-state index < -0.39 is 6.04 Å². The zero-order chi connectivity index (χ0) is 22.1. The third-order valence-electron chi connectivity index (χ3n) is 5.88. The highest BCUT2D eigenvalue weighted by Crippen LogP contribution is 2.24. The lowest BCUT2D eigenvalue weighted by molar-refractivity contribution is -0.126. The van der Waals surface area contributed by atoms with E-state index in [1.807, 2.05) is 13.8 Å². The molecule has 1 aliphatic carbocycles. The number of carbonyl (C=O) groups excluding carboxylic acids is 2. The zero-order valence-corrected chi connectivity index (χ0v) is 19.6. The highest BCUT2D eigenvalue weighted by Gasteiger charge is 2.30. The van der Waals surface area contributed by atoms with Crippen LogP contribution in [0.1, 0.15) is 69.5 Å². The molecule has 9 heteroatoms. The Balaban J connectivity index is 1.49. The molecule has 2 heterocycles. The summed E-state index contributed by atoms with van der Waals surface area (Å²) in [7, 11) is 0. The molecule has 1 unspecified atom stereocenters. The van der Waals surface area contributed by atoms with E-state index in [9.17, 15) is 9.59 Å². The van der Waals surface area contributed by atoms with Crippen LogP contribution >= 0.6 is 11.8 Å². The van der Waals surface area contributed by atoms with Gasteiger partial charge in [-0.2, -0.15) is 0 Å². The molecule has 3 rings (SSSR count). The van der Waals surface area contributed by atoms with Gasteiger partial charge in [0.2, 0.25) is 11.7 Å². The Morgan fingerprint density at radius 2 is 1.90 bits per heavy atom. The first-order valence-corrected chi connectivity index (χ1v) is 12.6. The van der Waals surface area contributed by atoms with Crippen molar-refractivity contribution in [3.63, 3.8) is 0 Å². The normalized spacial score (nSPS) is 19.5. The van der Waals surface area contributed by atoms with Crippen LogP contribution in [0.4, 0.5) is 0 Å². The molecule has 0 aromatic carbocycles. The molecule has 31 heavy (non-hydrogen) atoms. The molecular formula is C22H36N4O4S. The van der Waals surface area contributed by atoms with Crippen molar-refractivity contribution in [2.45, 2.75) is 70.1 Å². The van der Waals surface area contributed by atoms with Gasteiger partial charge in [-0.15, -0.1) is 10.2 Å². The van der Waals surface area contributed by atoms with Gasteiger partial charge in [0.05, 0.1) is 19.3 Å². The van der Waals surface area contributed by atoms with E-state index in [1.165, 1.54) is 18.2 Å². The van der Waals surface area contributed by atoms with Gasteiger partial charge >= 0.3 is 0 Å². The first kappa shape index (κ1) is 24.2. The summed E-state index contributed by atoms with van der Waals surface area (Å²) in [5.41, 5.74) is 0. The Morgan fingerprint density at radius 3 is 2.61 bits per heavy atom. The summed E-state index contributed by atoms with van der Waals surface area (Å²) in [5.74, 6) is 0.807. The quantitative estimate of drug-likeness (QED) is 0.311. The molecule has 1 aliphatic heterocycles. The Labute approximate surface area is 189 Å². The molecule has 8 nitrogen and oxygen atoms in total. The van der Waals surface area contributed by atoms with Gasteiger partial charge in [0.15, 0.2) is 0 Å². The summed E-state index contributed by atoms with van der Waals surface area (Å²) in [5, 5.41) is 11.4. The van der Waals surface area contributed by atoms with Crippen LogP contribution in [0.15, 0.2) is 9.64 Å². The van der Waals surface area contributed by atoms with Crippen molar-refractivity contribution < 1.29 is 18.7 Å². The molecule has 174 valence electrons. The lowest BCUT2D eigenvalue weighted by Crippen LogP contribution is -2.45. The number of hydrogen-bond donors (Lipinski definition) is 1. The number of rotatable bonds is 11. The van der Waals surface area contributed by atoms with Gasteiger partial charge in [0.1, 0.15) is 0 Å². The Hall–Kier alpha value is -1.45. The van der Waals surface area contributed by atoms with E-state index in [1.54, 1.807) is 0 Å². The Kier molecular flexibility index (Phi) is 9.80. The largest absolute Gasteiger partial charge is 0.408 e. The summed E-state index contributed by atoms with van der Waals surface area (Å²) in [4.78, 5) is 28.1. The van der Waals surface area contributed by atoms with Crippen molar-refractivity contribution in [3.8, 4) is 0 Å². The van der Waals surface area contributed by atoms with E-state index in [0.29, 0.717) is 11.6 Å². The molecule has 1 aromatic rings. The number of thioether (sulfide) groups is 1. The van der Waals surface area contributed by atoms with Gasteiger partial charge < -0.3 is 14.5 Å². The van der Waals surface area contributed by atoms with Crippen LogP contribution in [0.25, 0.3) is 0 Å². The van der Waals surface area contributed by atoms with Crippen molar-refractivity contribution in [1.29, 1.82) is 0 Å². The van der Waals surface area contributed by atoms with E-state index in [2.05, 4.69) is 20.4 Å². The Morgan fingerprint density at radius 1 is 1.16 bits per heavy atom. The van der Waals surface area contributed by atoms with Gasteiger partial charge in [-0.3, -0.25) is 14.5 Å². The van der Waals surface area contributed by atoms with E-state index in [4.69, 9.17) is 9.15 Å². The molecule has 1 N–H and O–H groups in total. The summed E-state index contributed by atoms with van der Waals surface area (Å²) >= 11 is 1.47. The molecule has 1 saturated heterocycles. The number of ketones is 1. The maximum atomic E-state index is 13.0. The third-order valence-corrected chi connectivity index (χ3v) is 6.79. The topological polar surface area (TPSA) is 97.6 Å². The second-order valence-corrected chi connectivity index (χ2v) is 9.97. The van der Waals surface area contributed by atoms with Crippen LogP contribution in [0.5, 0.6) is 0 Å². The first-order valence-electron chi connectivity index (χ1n) is 11.6. The van der Waals surface area contributed by atoms with Crippen LogP contribution < -0.4 is 5.32 Å². The number of Topliss-reactive ketones (excluding diaryl/α,β-unsaturated/α-hetero) is 1. The number of hydrogen-bond acceptors (Lipinski definition) is 8. The van der Waals surface area contributed by atoms with Gasteiger partial charge in [-0.1, -0.05) is 44.9 Å². The monoisotopic (exact) mass is 452 g/mol. The number of ether oxygens (including phenoxy) is 1. The summed E-state index contributed by atoms with van der Waals surface area (Å²) < 4.78 is 11.0. The van der Waals surface area contributed by atoms with Crippen molar-refractivity contribution in [3.05, 3.63) is 5.89 Å². The lowest BCUT2D eigenvalue weighted by Gasteiger charge is -2.26. The molecule has 2 fully saturated rings. The molecule has 1 aromatic heterocycles. The third kappa shape index (κ3) is 7.88. The standard InChI is InChI=1S/C22H36N4O4S/c1-16(2)15-18(23-20(28)17-7-4-3-5-8-17)19(27)21-24-25-22(30-21)31-14-6-9-26-10-12-29-13-11-26/h16-18H,3-15H2,1-2H3,(H,23,28). The van der Waals surface area contributed by atoms with Crippen LogP contribution in [0, 0.1) is 11.8 Å². The fourth-order valence-electron chi connectivity index (χ4n) is 4.15. The number of morpholine rings is 1. The smallest absolute Gasteiger partial charge is 0.286 e. The zero-order valence-electron chi connectivity index (χ0n) is 18.8. The maximum Gasteiger partial charge on any atom is 0.286 e. The minimum atomic E-state index is -0.617. The van der Waals surface area contributed by atoms with Crippen molar-refractivity contribution in [2.75, 3.05) is 38.6 Å². The summed E-state index contributed by atoms with van der Waals surface area (Å²) in [6, 6.07) is -0.617. The van der Waals surface area contributed by atoms with Crippen LogP contribution in [0.2, 0.25) is 0 Å². The fourth-order valence-corrected chi connectivity index (χ4v) is 4.83. The second-order valence-electron chi connectivity index (χ2n) is 8.92. The number of amides is 1. The average Bonchev–Trinajstić information content (AvgIpc) is 3.25. The van der Waals surface area contributed by atoms with E-state index >= 15 is 0 Å². The minimum absolute atomic E-state index is 0.00901. The molecule has 1 amide bonds. The van der Waals surface area contributed by atoms with Crippen LogP contribution in [-0.2, 0) is 9.53 Å². The SMILES string of the molecule is CC(C)CC(NC(=O)C1CCCCC1)C(=O)c1nnc(SCCCN2CCOCC2)o1. The number of nitrogens with one attached hydrogen (secondary N) is 1. The minimum Gasteiger partial charge on any atom is -0.408 e. The average molecular weight is 453 g/mol. The van der Waals surface area contributed by atoms with Gasteiger partial charge in [-0.25, -0.2) is 0 Å². The molecule has 0 bridgehead atoms. The second kappa shape index (κ2) is 12.6. The van der Waals surface area contributed by atoms with Crippen LogP contribution in [-0.4, -0.2) is 71.4 Å². The van der Waals surface area contributed by atoms with E-state index in [0.717, 1.165) is 70.7 Å². The molecule has 1 atom stereocenters.